The Kier molecular flexibility index (Phi) is 6.95. The molecule has 0 heterocycles. The Labute approximate surface area is 141 Å². The fourth-order valence-electron chi connectivity index (χ4n) is 2.25. The van der Waals surface area contributed by atoms with E-state index in [2.05, 4.69) is 22.8 Å². The number of unbranched alkanes of at least 4 members (excludes halogenated alkanes) is 1. The van der Waals surface area contributed by atoms with Crippen LogP contribution in [0.25, 0.3) is 0 Å². The predicted molar refractivity (Wildman–Crippen MR) is 90.6 cm³/mol. The Hall–Kier alpha value is -2.69. The van der Waals surface area contributed by atoms with E-state index in [1.165, 1.54) is 17.7 Å². The molecule has 0 aliphatic carbocycles. The van der Waals surface area contributed by atoms with Gasteiger partial charge in [-0.05, 0) is 42.5 Å². The molecule has 0 aromatic heterocycles. The second-order valence-corrected chi connectivity index (χ2v) is 5.51. The molecular formula is C19H21FN2O2. The summed E-state index contributed by atoms with van der Waals surface area (Å²) in [5.74, 6) is -1.66. The largest absolute Gasteiger partial charge is 0.348 e. The van der Waals surface area contributed by atoms with Crippen molar-refractivity contribution in [2.24, 2.45) is 0 Å². The zero-order chi connectivity index (χ0) is 17.2. The van der Waals surface area contributed by atoms with Gasteiger partial charge in [-0.2, -0.15) is 0 Å². The number of rotatable bonds is 7. The Morgan fingerprint density at radius 2 is 1.46 bits per heavy atom. The lowest BCUT2D eigenvalue weighted by Crippen LogP contribution is -2.39. The van der Waals surface area contributed by atoms with E-state index < -0.39 is 11.8 Å². The first-order valence-electron chi connectivity index (χ1n) is 7.99. The first-order chi connectivity index (χ1) is 11.6. The van der Waals surface area contributed by atoms with Crippen LogP contribution in [0.1, 0.15) is 24.0 Å². The Balaban J connectivity index is 1.59. The lowest BCUT2D eigenvalue weighted by atomic mass is 10.1. The van der Waals surface area contributed by atoms with Crippen LogP contribution in [-0.2, 0) is 22.6 Å². The van der Waals surface area contributed by atoms with Gasteiger partial charge in [0.2, 0.25) is 0 Å². The van der Waals surface area contributed by atoms with Gasteiger partial charge in [0.1, 0.15) is 5.82 Å². The van der Waals surface area contributed by atoms with Crippen molar-refractivity contribution in [1.82, 2.24) is 10.6 Å². The van der Waals surface area contributed by atoms with Gasteiger partial charge >= 0.3 is 11.8 Å². The smallest absolute Gasteiger partial charge is 0.309 e. The van der Waals surface area contributed by atoms with E-state index in [1.807, 2.05) is 18.2 Å². The summed E-state index contributed by atoms with van der Waals surface area (Å²) >= 11 is 0. The van der Waals surface area contributed by atoms with Crippen molar-refractivity contribution < 1.29 is 14.0 Å². The molecule has 4 nitrogen and oxygen atoms in total. The third-order valence-electron chi connectivity index (χ3n) is 3.59. The van der Waals surface area contributed by atoms with Gasteiger partial charge in [-0.25, -0.2) is 4.39 Å². The molecule has 0 saturated heterocycles. The van der Waals surface area contributed by atoms with Gasteiger partial charge in [0.05, 0.1) is 0 Å². The van der Waals surface area contributed by atoms with E-state index in [0.717, 1.165) is 24.8 Å². The average Bonchev–Trinajstić information content (AvgIpc) is 2.61. The molecule has 0 aliphatic rings. The SMILES string of the molecule is O=C(NCCCCc1ccccc1)C(=O)NCc1ccc(F)cc1. The number of hydrogen-bond donors (Lipinski definition) is 2. The molecule has 0 fully saturated rings. The number of carbonyl (C=O) groups excluding carboxylic acids is 2. The van der Waals surface area contributed by atoms with E-state index >= 15 is 0 Å². The molecule has 0 radical (unpaired) electrons. The zero-order valence-electron chi connectivity index (χ0n) is 13.4. The predicted octanol–water partition coefficient (Wildman–Crippen LogP) is 2.58. The summed E-state index contributed by atoms with van der Waals surface area (Å²) in [6.45, 7) is 0.663. The molecule has 0 saturated carbocycles. The van der Waals surface area contributed by atoms with Crippen LogP contribution in [0, 0.1) is 5.82 Å². The van der Waals surface area contributed by atoms with E-state index in [9.17, 15) is 14.0 Å². The fourth-order valence-corrected chi connectivity index (χ4v) is 2.25. The molecular weight excluding hydrogens is 307 g/mol. The average molecular weight is 328 g/mol. The van der Waals surface area contributed by atoms with Crippen LogP contribution in [0.5, 0.6) is 0 Å². The molecule has 2 amide bonds. The van der Waals surface area contributed by atoms with Crippen molar-refractivity contribution >= 4 is 11.8 Å². The van der Waals surface area contributed by atoms with Crippen molar-refractivity contribution in [3.05, 3.63) is 71.5 Å². The Morgan fingerprint density at radius 1 is 0.792 bits per heavy atom. The number of amides is 2. The summed E-state index contributed by atoms with van der Waals surface area (Å²) in [4.78, 5) is 23.3. The minimum Gasteiger partial charge on any atom is -0.348 e. The second kappa shape index (κ2) is 9.45. The van der Waals surface area contributed by atoms with Gasteiger partial charge in [-0.15, -0.1) is 0 Å². The van der Waals surface area contributed by atoms with Crippen LogP contribution >= 0.6 is 0 Å². The molecule has 0 bridgehead atoms. The summed E-state index contributed by atoms with van der Waals surface area (Å²) in [5.41, 5.74) is 2.00. The van der Waals surface area contributed by atoms with Crippen molar-refractivity contribution in [3.8, 4) is 0 Å². The summed E-state index contributed by atoms with van der Waals surface area (Å²) in [6, 6.07) is 15.9. The lowest BCUT2D eigenvalue weighted by Gasteiger charge is -2.07. The molecule has 2 rings (SSSR count). The first-order valence-corrected chi connectivity index (χ1v) is 7.99. The first kappa shape index (κ1) is 17.7. The number of nitrogens with one attached hydrogen (secondary N) is 2. The third kappa shape index (κ3) is 6.20. The van der Waals surface area contributed by atoms with E-state index in [4.69, 9.17) is 0 Å². The maximum atomic E-state index is 12.8. The number of halogens is 1. The van der Waals surface area contributed by atoms with E-state index in [1.54, 1.807) is 12.1 Å². The molecule has 5 heteroatoms. The number of carbonyl (C=O) groups is 2. The van der Waals surface area contributed by atoms with Gasteiger partial charge in [0.25, 0.3) is 0 Å². The summed E-state index contributed by atoms with van der Waals surface area (Å²) in [7, 11) is 0. The van der Waals surface area contributed by atoms with Crippen LogP contribution in [0.15, 0.2) is 54.6 Å². The highest BCUT2D eigenvalue weighted by Crippen LogP contribution is 2.04. The maximum absolute atomic E-state index is 12.8. The molecule has 0 spiro atoms. The maximum Gasteiger partial charge on any atom is 0.309 e. The second-order valence-electron chi connectivity index (χ2n) is 5.51. The monoisotopic (exact) mass is 328 g/mol. The molecule has 0 aliphatic heterocycles. The van der Waals surface area contributed by atoms with Gasteiger partial charge < -0.3 is 10.6 Å². The topological polar surface area (TPSA) is 58.2 Å². The fraction of sp³-hybridized carbons (Fsp3) is 0.263. The summed E-state index contributed by atoms with van der Waals surface area (Å²) < 4.78 is 12.8. The van der Waals surface area contributed by atoms with Crippen molar-refractivity contribution in [2.75, 3.05) is 6.54 Å². The van der Waals surface area contributed by atoms with Crippen LogP contribution in [0.2, 0.25) is 0 Å². The number of hydrogen-bond acceptors (Lipinski definition) is 2. The lowest BCUT2D eigenvalue weighted by molar-refractivity contribution is -0.139. The van der Waals surface area contributed by atoms with Gasteiger partial charge in [-0.1, -0.05) is 42.5 Å². The molecule has 126 valence electrons. The normalized spacial score (nSPS) is 10.2. The molecule has 2 aromatic carbocycles. The highest BCUT2D eigenvalue weighted by Gasteiger charge is 2.11. The molecule has 2 aromatic rings. The van der Waals surface area contributed by atoms with Gasteiger partial charge in [0.15, 0.2) is 0 Å². The number of benzene rings is 2. The van der Waals surface area contributed by atoms with E-state index in [0.29, 0.717) is 6.54 Å². The summed E-state index contributed by atoms with van der Waals surface area (Å²) in [5, 5.41) is 5.11. The third-order valence-corrected chi connectivity index (χ3v) is 3.59. The highest BCUT2D eigenvalue weighted by molar-refractivity contribution is 6.35. The molecule has 2 N–H and O–H groups in total. The van der Waals surface area contributed by atoms with Crippen molar-refractivity contribution in [1.29, 1.82) is 0 Å². The Bertz CT molecular complexity index is 657. The molecule has 0 unspecified atom stereocenters. The molecule has 0 atom stereocenters. The van der Waals surface area contributed by atoms with Crippen LogP contribution < -0.4 is 10.6 Å². The van der Waals surface area contributed by atoms with E-state index in [-0.39, 0.29) is 12.4 Å². The minimum absolute atomic E-state index is 0.195. The standard InChI is InChI=1S/C19H21FN2O2/c20-17-11-9-16(10-12-17)14-22-19(24)18(23)21-13-5-4-8-15-6-2-1-3-7-15/h1-3,6-7,9-12H,4-5,8,13-14H2,(H,21,23)(H,22,24). The van der Waals surface area contributed by atoms with Gasteiger partial charge in [-0.3, -0.25) is 9.59 Å². The molecule has 24 heavy (non-hydrogen) atoms. The summed E-state index contributed by atoms with van der Waals surface area (Å²) in [6.07, 6.45) is 2.71. The minimum atomic E-state index is -0.678. The highest BCUT2D eigenvalue weighted by atomic mass is 19.1. The zero-order valence-corrected chi connectivity index (χ0v) is 13.4. The van der Waals surface area contributed by atoms with Crippen LogP contribution in [0.3, 0.4) is 0 Å². The van der Waals surface area contributed by atoms with Crippen LogP contribution in [0.4, 0.5) is 4.39 Å². The number of aryl methyl sites for hydroxylation is 1. The van der Waals surface area contributed by atoms with Crippen molar-refractivity contribution in [2.45, 2.75) is 25.8 Å². The van der Waals surface area contributed by atoms with Crippen molar-refractivity contribution in [3.63, 3.8) is 0 Å². The van der Waals surface area contributed by atoms with Gasteiger partial charge in [0, 0.05) is 13.1 Å². The van der Waals surface area contributed by atoms with Crippen LogP contribution in [-0.4, -0.2) is 18.4 Å². The Morgan fingerprint density at radius 3 is 2.17 bits per heavy atom. The quantitative estimate of drug-likeness (QED) is 0.606.